The third kappa shape index (κ3) is 7.27. The molecule has 0 aliphatic carbocycles. The highest BCUT2D eigenvalue weighted by Gasteiger charge is 2.27. The quantitative estimate of drug-likeness (QED) is 0.205. The number of fused-ring (bicyclic) bond motifs is 1. The fourth-order valence-electron chi connectivity index (χ4n) is 6.07. The summed E-state index contributed by atoms with van der Waals surface area (Å²) in [7, 11) is -1.95. The van der Waals surface area contributed by atoms with E-state index in [9.17, 15) is 8.42 Å². The van der Waals surface area contributed by atoms with Crippen molar-refractivity contribution in [2.45, 2.75) is 32.2 Å². The minimum absolute atomic E-state index is 0.270. The molecule has 0 amide bonds. The normalized spacial score (nSPS) is 16.4. The molecule has 0 unspecified atom stereocenters. The fourth-order valence-corrected chi connectivity index (χ4v) is 6.93. The van der Waals surface area contributed by atoms with E-state index in [-0.39, 0.29) is 5.69 Å². The average Bonchev–Trinajstić information content (AvgIpc) is 3.07. The van der Waals surface area contributed by atoms with E-state index in [4.69, 9.17) is 14.5 Å². The SMILES string of the molecule is CCc1cc(Nc2ncc(Br)c(Nc3ccc4nccnc4c3NS(C)(=O)=O)n2)c(OC)cc1N1CCC(N2CCOCC2)CC1. The summed E-state index contributed by atoms with van der Waals surface area (Å²) in [5.41, 5.74) is 4.83. The van der Waals surface area contributed by atoms with Crippen LogP contribution in [0.25, 0.3) is 11.0 Å². The Kier molecular flexibility index (Phi) is 9.73. The Hall–Kier alpha value is -3.79. The highest BCUT2D eigenvalue weighted by molar-refractivity contribution is 9.10. The van der Waals surface area contributed by atoms with Gasteiger partial charge in [0, 0.05) is 62.6 Å². The third-order valence-electron chi connectivity index (χ3n) is 8.32. The van der Waals surface area contributed by atoms with Crippen molar-refractivity contribution < 1.29 is 17.9 Å². The van der Waals surface area contributed by atoms with Crippen LogP contribution in [0.3, 0.4) is 0 Å². The lowest BCUT2D eigenvalue weighted by Gasteiger charge is -2.41. The lowest BCUT2D eigenvalue weighted by Crippen LogP contribution is -2.49. The second-order valence-corrected chi connectivity index (χ2v) is 13.9. The Labute approximate surface area is 277 Å². The summed E-state index contributed by atoms with van der Waals surface area (Å²) >= 11 is 3.52. The van der Waals surface area contributed by atoms with Crippen LogP contribution in [-0.2, 0) is 21.2 Å². The monoisotopic (exact) mass is 711 g/mol. The van der Waals surface area contributed by atoms with Gasteiger partial charge in [-0.2, -0.15) is 4.98 Å². The standard InChI is InChI=1S/C31H38BrN9O4S/c1-4-20-17-25(27(44-2)18-26(20)41-11-7-21(8-12-41)40-13-15-45-16-14-40)37-31-35-19-22(32)30(38-31)36-24-6-5-23-28(34-10-9-33-23)29(24)39-46(3,42)43/h5-6,9-10,17-19,21,39H,4,7-8,11-16H2,1-3H3,(H2,35,36,37,38). The number of halogens is 1. The molecule has 46 heavy (non-hydrogen) atoms. The zero-order chi connectivity index (χ0) is 32.3. The number of benzene rings is 2. The van der Waals surface area contributed by atoms with Gasteiger partial charge in [-0.3, -0.25) is 19.6 Å². The van der Waals surface area contributed by atoms with Crippen LogP contribution in [0.1, 0.15) is 25.3 Å². The van der Waals surface area contributed by atoms with Crippen LogP contribution in [0.2, 0.25) is 0 Å². The molecule has 244 valence electrons. The summed E-state index contributed by atoms with van der Waals surface area (Å²) in [5.74, 6) is 1.45. The topological polar surface area (TPSA) is 147 Å². The molecule has 2 aromatic carbocycles. The van der Waals surface area contributed by atoms with Crippen molar-refractivity contribution in [1.29, 1.82) is 0 Å². The number of piperidine rings is 1. The number of ether oxygens (including phenoxy) is 2. The van der Waals surface area contributed by atoms with Crippen LogP contribution < -0.4 is 25.0 Å². The second-order valence-electron chi connectivity index (χ2n) is 11.3. The van der Waals surface area contributed by atoms with Crippen molar-refractivity contribution in [2.24, 2.45) is 0 Å². The molecule has 2 fully saturated rings. The number of anilines is 6. The van der Waals surface area contributed by atoms with Gasteiger partial charge in [-0.15, -0.1) is 0 Å². The summed E-state index contributed by atoms with van der Waals surface area (Å²) < 4.78 is 39.0. The van der Waals surface area contributed by atoms with E-state index < -0.39 is 10.0 Å². The number of nitrogens with one attached hydrogen (secondary N) is 3. The molecule has 6 rings (SSSR count). The molecule has 4 heterocycles. The van der Waals surface area contributed by atoms with Crippen LogP contribution in [0.5, 0.6) is 5.75 Å². The molecule has 2 aliphatic heterocycles. The van der Waals surface area contributed by atoms with Gasteiger partial charge in [0.25, 0.3) is 0 Å². The van der Waals surface area contributed by atoms with Crippen molar-refractivity contribution in [1.82, 2.24) is 24.8 Å². The highest BCUT2D eigenvalue weighted by atomic mass is 79.9. The number of hydrogen-bond acceptors (Lipinski definition) is 12. The van der Waals surface area contributed by atoms with Gasteiger partial charge in [0.2, 0.25) is 16.0 Å². The Balaban J connectivity index is 1.24. The van der Waals surface area contributed by atoms with Gasteiger partial charge in [0.15, 0.2) is 0 Å². The molecule has 0 bridgehead atoms. The number of methoxy groups -OCH3 is 1. The Morgan fingerprint density at radius 3 is 2.50 bits per heavy atom. The molecule has 15 heteroatoms. The number of rotatable bonds is 10. The largest absolute Gasteiger partial charge is 0.494 e. The van der Waals surface area contributed by atoms with Crippen molar-refractivity contribution >= 4 is 71.5 Å². The number of morpholine rings is 1. The average molecular weight is 713 g/mol. The first-order valence-electron chi connectivity index (χ1n) is 15.3. The first kappa shape index (κ1) is 32.2. The maximum absolute atomic E-state index is 12.2. The van der Waals surface area contributed by atoms with Crippen LogP contribution >= 0.6 is 15.9 Å². The second kappa shape index (κ2) is 13.9. The number of sulfonamides is 1. The maximum Gasteiger partial charge on any atom is 0.229 e. The van der Waals surface area contributed by atoms with Crippen LogP contribution in [-0.4, -0.2) is 92.1 Å². The molecule has 2 aromatic heterocycles. The predicted octanol–water partition coefficient (Wildman–Crippen LogP) is 4.91. The molecular weight excluding hydrogens is 674 g/mol. The zero-order valence-electron chi connectivity index (χ0n) is 26.1. The summed E-state index contributed by atoms with van der Waals surface area (Å²) in [6.45, 7) is 7.83. The molecule has 0 spiro atoms. The molecule has 0 radical (unpaired) electrons. The van der Waals surface area contributed by atoms with Crippen molar-refractivity contribution in [3.05, 3.63) is 52.9 Å². The van der Waals surface area contributed by atoms with Gasteiger partial charge in [-0.25, -0.2) is 13.4 Å². The van der Waals surface area contributed by atoms with E-state index in [1.807, 2.05) is 0 Å². The van der Waals surface area contributed by atoms with Crippen molar-refractivity contribution in [3.8, 4) is 5.75 Å². The first-order chi connectivity index (χ1) is 22.2. The smallest absolute Gasteiger partial charge is 0.229 e. The van der Waals surface area contributed by atoms with Gasteiger partial charge in [-0.1, -0.05) is 6.92 Å². The van der Waals surface area contributed by atoms with E-state index in [1.54, 1.807) is 31.6 Å². The number of aromatic nitrogens is 4. The fraction of sp³-hybridized carbons (Fsp3) is 0.419. The molecule has 13 nitrogen and oxygen atoms in total. The summed E-state index contributed by atoms with van der Waals surface area (Å²) in [6, 6.07) is 8.30. The van der Waals surface area contributed by atoms with Gasteiger partial charge in [0.05, 0.1) is 53.6 Å². The number of nitrogens with zero attached hydrogens (tertiary/aromatic N) is 6. The van der Waals surface area contributed by atoms with Gasteiger partial charge in [0.1, 0.15) is 17.1 Å². The first-order valence-corrected chi connectivity index (χ1v) is 18.0. The Bertz CT molecular complexity index is 1810. The molecular formula is C31H38BrN9O4S. The molecule has 0 saturated carbocycles. The van der Waals surface area contributed by atoms with Crippen LogP contribution in [0, 0.1) is 0 Å². The summed E-state index contributed by atoms with van der Waals surface area (Å²) in [4.78, 5) is 22.9. The van der Waals surface area contributed by atoms with Gasteiger partial charge >= 0.3 is 0 Å². The lowest BCUT2D eigenvalue weighted by atomic mass is 10.00. The lowest BCUT2D eigenvalue weighted by molar-refractivity contribution is 0.0115. The van der Waals surface area contributed by atoms with Crippen LogP contribution in [0.15, 0.2) is 47.3 Å². The molecule has 2 aliphatic rings. The maximum atomic E-state index is 12.2. The Morgan fingerprint density at radius 2 is 1.78 bits per heavy atom. The highest BCUT2D eigenvalue weighted by Crippen LogP contribution is 2.38. The van der Waals surface area contributed by atoms with Crippen LogP contribution in [0.4, 0.5) is 34.5 Å². The van der Waals surface area contributed by atoms with Gasteiger partial charge < -0.3 is 25.0 Å². The number of aryl methyl sites for hydroxylation is 1. The van der Waals surface area contributed by atoms with Crippen molar-refractivity contribution in [2.75, 3.05) is 73.0 Å². The van der Waals surface area contributed by atoms with E-state index in [1.165, 1.54) is 17.4 Å². The van der Waals surface area contributed by atoms with E-state index in [2.05, 4.69) is 75.1 Å². The molecule has 0 atom stereocenters. The third-order valence-corrected chi connectivity index (χ3v) is 9.48. The number of hydrogen-bond donors (Lipinski definition) is 3. The molecule has 2 saturated heterocycles. The summed E-state index contributed by atoms with van der Waals surface area (Å²) in [5, 5.41) is 6.57. The van der Waals surface area contributed by atoms with E-state index in [0.29, 0.717) is 44.8 Å². The minimum Gasteiger partial charge on any atom is -0.494 e. The predicted molar refractivity (Wildman–Crippen MR) is 184 cm³/mol. The molecule has 4 aromatic rings. The van der Waals surface area contributed by atoms with Crippen molar-refractivity contribution in [3.63, 3.8) is 0 Å². The minimum atomic E-state index is -3.62. The van der Waals surface area contributed by atoms with E-state index >= 15 is 0 Å². The van der Waals surface area contributed by atoms with Gasteiger partial charge in [-0.05, 0) is 59.0 Å². The summed E-state index contributed by atoms with van der Waals surface area (Å²) in [6.07, 6.45) is 8.88. The van der Waals surface area contributed by atoms with E-state index in [0.717, 1.165) is 70.6 Å². The Morgan fingerprint density at radius 1 is 1.02 bits per heavy atom. The zero-order valence-corrected chi connectivity index (χ0v) is 28.5. The molecule has 3 N–H and O–H groups in total.